The van der Waals surface area contributed by atoms with Gasteiger partial charge in [-0.2, -0.15) is 0 Å². The zero-order valence-electron chi connectivity index (χ0n) is 15.5. The van der Waals surface area contributed by atoms with Gasteiger partial charge in [-0.15, -0.1) is 0 Å². The highest BCUT2D eigenvalue weighted by Crippen LogP contribution is 2.44. The molecule has 0 spiro atoms. The van der Waals surface area contributed by atoms with Crippen LogP contribution in [0, 0.1) is 11.8 Å². The number of amides is 1. The molecule has 5 heteroatoms. The second-order valence-corrected chi connectivity index (χ2v) is 8.02. The molecule has 0 unspecified atom stereocenters. The minimum Gasteiger partial charge on any atom is -0.481 e. The number of hydrogen-bond acceptors (Lipinski definition) is 3. The number of ether oxygens (including phenoxy) is 1. The lowest BCUT2D eigenvalue weighted by Gasteiger charge is -2.28. The van der Waals surface area contributed by atoms with Gasteiger partial charge in [0.15, 0.2) is 0 Å². The molecule has 1 aliphatic carbocycles. The van der Waals surface area contributed by atoms with Gasteiger partial charge in [-0.05, 0) is 47.9 Å². The number of carboxylic acids is 1. The Labute approximate surface area is 163 Å². The van der Waals surface area contributed by atoms with Crippen molar-refractivity contribution < 1.29 is 19.4 Å². The number of aryl methyl sites for hydroxylation is 2. The standard InChI is InChI=1S/C23H23NO4/c25-22(19-17-11-12-18(28-17)20(19)23(26)27)24-21-15-7-3-1-5-13(15)9-10-14-6-2-4-8-16(14)21/h1-8,17-21H,9-12H2,(H,24,25)(H,26,27)/t17-,18-,19-,20-/m1/s1. The molecule has 2 saturated heterocycles. The summed E-state index contributed by atoms with van der Waals surface area (Å²) in [6, 6.07) is 16.1. The summed E-state index contributed by atoms with van der Waals surface area (Å²) in [6.45, 7) is 0. The van der Waals surface area contributed by atoms with E-state index in [9.17, 15) is 14.7 Å². The Kier molecular flexibility index (Phi) is 4.20. The summed E-state index contributed by atoms with van der Waals surface area (Å²) in [6.07, 6.45) is 2.70. The van der Waals surface area contributed by atoms with Crippen molar-refractivity contribution in [3.8, 4) is 0 Å². The fourth-order valence-electron chi connectivity index (χ4n) is 5.24. The van der Waals surface area contributed by atoms with E-state index in [0.29, 0.717) is 0 Å². The number of carbonyl (C=O) groups excluding carboxylic acids is 1. The lowest BCUT2D eigenvalue weighted by molar-refractivity contribution is -0.148. The molecular formula is C23H23NO4. The SMILES string of the molecule is O=C(O)[C@H]1[C@H](C(=O)NC2c3ccccc3CCc3ccccc32)[C@H]2CC[C@H]1O2. The maximum Gasteiger partial charge on any atom is 0.310 e. The van der Waals surface area contributed by atoms with Crippen LogP contribution in [0.4, 0.5) is 0 Å². The zero-order chi connectivity index (χ0) is 19.3. The third-order valence-electron chi connectivity index (χ3n) is 6.54. The van der Waals surface area contributed by atoms with E-state index in [0.717, 1.165) is 36.8 Å². The number of nitrogens with one attached hydrogen (secondary N) is 1. The first-order valence-corrected chi connectivity index (χ1v) is 9.97. The average molecular weight is 377 g/mol. The molecule has 3 aliphatic rings. The van der Waals surface area contributed by atoms with Crippen molar-refractivity contribution in [2.45, 2.75) is 43.9 Å². The summed E-state index contributed by atoms with van der Waals surface area (Å²) in [5.74, 6) is -2.53. The summed E-state index contributed by atoms with van der Waals surface area (Å²) in [5, 5.41) is 12.9. The quantitative estimate of drug-likeness (QED) is 0.862. The third-order valence-corrected chi connectivity index (χ3v) is 6.54. The molecule has 2 N–H and O–H groups in total. The monoisotopic (exact) mass is 377 g/mol. The Morgan fingerprint density at radius 1 is 0.857 bits per heavy atom. The van der Waals surface area contributed by atoms with Crippen molar-refractivity contribution in [3.63, 3.8) is 0 Å². The van der Waals surface area contributed by atoms with Gasteiger partial charge in [0.05, 0.1) is 30.1 Å². The van der Waals surface area contributed by atoms with Crippen LogP contribution in [0.2, 0.25) is 0 Å². The summed E-state index contributed by atoms with van der Waals surface area (Å²) in [5.41, 5.74) is 4.64. The summed E-state index contributed by atoms with van der Waals surface area (Å²) in [4.78, 5) is 25.1. The Morgan fingerprint density at radius 2 is 1.39 bits per heavy atom. The fourth-order valence-corrected chi connectivity index (χ4v) is 5.24. The van der Waals surface area contributed by atoms with Crippen LogP contribution in [-0.2, 0) is 27.2 Å². The molecule has 144 valence electrons. The molecule has 0 aromatic heterocycles. The van der Waals surface area contributed by atoms with Crippen molar-refractivity contribution in [1.82, 2.24) is 5.32 Å². The largest absolute Gasteiger partial charge is 0.481 e. The van der Waals surface area contributed by atoms with Gasteiger partial charge in [0.1, 0.15) is 0 Å². The Balaban J connectivity index is 1.51. The van der Waals surface area contributed by atoms with Crippen molar-refractivity contribution in [3.05, 3.63) is 70.8 Å². The van der Waals surface area contributed by atoms with Gasteiger partial charge in [-0.25, -0.2) is 0 Å². The molecule has 5 rings (SSSR count). The highest BCUT2D eigenvalue weighted by molar-refractivity contribution is 5.87. The number of rotatable bonds is 3. The van der Waals surface area contributed by atoms with Crippen molar-refractivity contribution in [1.29, 1.82) is 0 Å². The predicted octanol–water partition coefficient (Wildman–Crippen LogP) is 2.87. The van der Waals surface area contributed by atoms with Crippen molar-refractivity contribution in [2.24, 2.45) is 11.8 Å². The highest BCUT2D eigenvalue weighted by atomic mass is 16.5. The molecule has 0 radical (unpaired) electrons. The maximum atomic E-state index is 13.3. The number of carbonyl (C=O) groups is 2. The molecule has 1 amide bonds. The molecule has 2 heterocycles. The van der Waals surface area contributed by atoms with Crippen LogP contribution in [-0.4, -0.2) is 29.2 Å². The third kappa shape index (κ3) is 2.73. The molecule has 2 aliphatic heterocycles. The summed E-state index contributed by atoms with van der Waals surface area (Å²) in [7, 11) is 0. The van der Waals surface area contributed by atoms with E-state index in [2.05, 4.69) is 29.6 Å². The number of benzene rings is 2. The predicted molar refractivity (Wildman–Crippen MR) is 103 cm³/mol. The summed E-state index contributed by atoms with van der Waals surface area (Å²) < 4.78 is 5.79. The van der Waals surface area contributed by atoms with E-state index in [1.165, 1.54) is 11.1 Å². The Bertz CT molecular complexity index is 892. The van der Waals surface area contributed by atoms with Gasteiger partial charge < -0.3 is 15.2 Å². The minimum atomic E-state index is -0.936. The molecular weight excluding hydrogens is 354 g/mol. The first-order chi connectivity index (χ1) is 13.6. The lowest BCUT2D eigenvalue weighted by Crippen LogP contribution is -2.45. The van der Waals surface area contributed by atoms with E-state index in [4.69, 9.17) is 4.74 Å². The number of aliphatic carboxylic acids is 1. The molecule has 2 fully saturated rings. The van der Waals surface area contributed by atoms with Gasteiger partial charge in [0, 0.05) is 0 Å². The molecule has 4 atom stereocenters. The molecule has 2 aromatic carbocycles. The van der Waals surface area contributed by atoms with E-state index in [-0.39, 0.29) is 24.2 Å². The molecule has 5 nitrogen and oxygen atoms in total. The summed E-state index contributed by atoms with van der Waals surface area (Å²) >= 11 is 0. The van der Waals surface area contributed by atoms with E-state index in [1.807, 2.05) is 24.3 Å². The molecule has 2 aromatic rings. The molecule has 2 bridgehead atoms. The minimum absolute atomic E-state index is 0.212. The Hall–Kier alpha value is -2.66. The smallest absolute Gasteiger partial charge is 0.310 e. The van der Waals surface area contributed by atoms with Crippen molar-refractivity contribution >= 4 is 11.9 Å². The van der Waals surface area contributed by atoms with Gasteiger partial charge in [0.25, 0.3) is 0 Å². The van der Waals surface area contributed by atoms with Crippen LogP contribution in [0.5, 0.6) is 0 Å². The lowest BCUT2D eigenvalue weighted by atomic mass is 9.78. The van der Waals surface area contributed by atoms with Crippen molar-refractivity contribution in [2.75, 3.05) is 0 Å². The average Bonchev–Trinajstić information content (AvgIpc) is 3.29. The van der Waals surface area contributed by atoms with Crippen LogP contribution in [0.25, 0.3) is 0 Å². The fraction of sp³-hybridized carbons (Fsp3) is 0.391. The van der Waals surface area contributed by atoms with Crippen LogP contribution in [0.3, 0.4) is 0 Å². The van der Waals surface area contributed by atoms with Crippen LogP contribution in [0.1, 0.15) is 41.1 Å². The van der Waals surface area contributed by atoms with Crippen LogP contribution in [0.15, 0.2) is 48.5 Å². The van der Waals surface area contributed by atoms with E-state index in [1.54, 1.807) is 0 Å². The second kappa shape index (κ2) is 6.74. The van der Waals surface area contributed by atoms with E-state index >= 15 is 0 Å². The van der Waals surface area contributed by atoms with E-state index < -0.39 is 17.8 Å². The molecule has 0 saturated carbocycles. The molecule has 28 heavy (non-hydrogen) atoms. The van der Waals surface area contributed by atoms with Gasteiger partial charge in [-0.3, -0.25) is 9.59 Å². The number of carboxylic acid groups (broad SMARTS) is 1. The first-order valence-electron chi connectivity index (χ1n) is 9.97. The van der Waals surface area contributed by atoms with Gasteiger partial charge in [-0.1, -0.05) is 48.5 Å². The first kappa shape index (κ1) is 17.4. The normalized spacial score (nSPS) is 28.3. The number of fused-ring (bicyclic) bond motifs is 4. The van der Waals surface area contributed by atoms with Gasteiger partial charge in [0.2, 0.25) is 5.91 Å². The highest BCUT2D eigenvalue weighted by Gasteiger charge is 2.55. The number of hydrogen-bond donors (Lipinski definition) is 2. The Morgan fingerprint density at radius 3 is 1.96 bits per heavy atom. The maximum absolute atomic E-state index is 13.3. The van der Waals surface area contributed by atoms with Crippen LogP contribution < -0.4 is 5.32 Å². The topological polar surface area (TPSA) is 75.6 Å². The van der Waals surface area contributed by atoms with Crippen LogP contribution >= 0.6 is 0 Å². The zero-order valence-corrected chi connectivity index (χ0v) is 15.5. The van der Waals surface area contributed by atoms with Gasteiger partial charge >= 0.3 is 5.97 Å². The second-order valence-electron chi connectivity index (χ2n) is 8.02.